The lowest BCUT2D eigenvalue weighted by atomic mass is 9.77. The van der Waals surface area contributed by atoms with Gasteiger partial charge in [0, 0.05) is 24.3 Å². The Kier molecular flexibility index (Phi) is 4.36. The molecule has 2 fully saturated rings. The molecule has 2 unspecified atom stereocenters. The first-order chi connectivity index (χ1) is 8.09. The number of carbonyl (C=O) groups is 1. The molecule has 1 amide bonds. The van der Waals surface area contributed by atoms with E-state index >= 15 is 0 Å². The van der Waals surface area contributed by atoms with Crippen LogP contribution in [0.4, 0.5) is 0 Å². The number of thioether (sulfide) groups is 1. The number of hydrogen-bond donors (Lipinski definition) is 2. The first-order valence-electron chi connectivity index (χ1n) is 6.68. The topological polar surface area (TPSA) is 41.1 Å². The van der Waals surface area contributed by atoms with Gasteiger partial charge >= 0.3 is 0 Å². The van der Waals surface area contributed by atoms with Crippen molar-refractivity contribution in [3.8, 4) is 0 Å². The Morgan fingerprint density at radius 3 is 3.00 bits per heavy atom. The summed E-state index contributed by atoms with van der Waals surface area (Å²) in [7, 11) is 0. The predicted octanol–water partition coefficient (Wildman–Crippen LogP) is 1.63. The van der Waals surface area contributed by atoms with E-state index in [1.807, 2.05) is 11.8 Å². The maximum atomic E-state index is 11.9. The lowest BCUT2D eigenvalue weighted by Gasteiger charge is -2.39. The van der Waals surface area contributed by atoms with Crippen molar-refractivity contribution < 1.29 is 4.79 Å². The lowest BCUT2D eigenvalue weighted by molar-refractivity contribution is -0.124. The van der Waals surface area contributed by atoms with Gasteiger partial charge in [0.2, 0.25) is 5.91 Å². The summed E-state index contributed by atoms with van der Waals surface area (Å²) in [6, 6.07) is 0.425. The van der Waals surface area contributed by atoms with E-state index in [0.29, 0.717) is 11.5 Å². The minimum absolute atomic E-state index is 0.256. The van der Waals surface area contributed by atoms with Crippen LogP contribution in [-0.2, 0) is 4.79 Å². The van der Waals surface area contributed by atoms with Crippen molar-refractivity contribution in [1.82, 2.24) is 10.6 Å². The van der Waals surface area contributed by atoms with Gasteiger partial charge in [-0.3, -0.25) is 4.79 Å². The molecule has 2 aliphatic rings. The molecule has 0 aliphatic carbocycles. The Morgan fingerprint density at radius 1 is 1.53 bits per heavy atom. The molecular formula is C13H24N2OS. The molecule has 0 saturated carbocycles. The molecular weight excluding hydrogens is 232 g/mol. The highest BCUT2D eigenvalue weighted by Gasteiger charge is 2.32. The Bertz CT molecular complexity index is 275. The molecule has 0 aromatic carbocycles. The number of rotatable bonds is 3. The van der Waals surface area contributed by atoms with E-state index in [0.717, 1.165) is 31.0 Å². The van der Waals surface area contributed by atoms with Crippen molar-refractivity contribution in [3.63, 3.8) is 0 Å². The molecule has 17 heavy (non-hydrogen) atoms. The molecule has 4 heteroatoms. The zero-order chi connectivity index (χ0) is 12.3. The fourth-order valence-corrected chi connectivity index (χ4v) is 3.93. The van der Waals surface area contributed by atoms with Crippen molar-refractivity contribution in [2.45, 2.75) is 39.2 Å². The average Bonchev–Trinajstić information content (AvgIpc) is 2.80. The molecule has 98 valence electrons. The minimum atomic E-state index is 0.256. The molecule has 2 atom stereocenters. The van der Waals surface area contributed by atoms with Gasteiger partial charge in [-0.25, -0.2) is 0 Å². The zero-order valence-electron chi connectivity index (χ0n) is 10.9. The summed E-state index contributed by atoms with van der Waals surface area (Å²) in [5.74, 6) is 2.67. The molecule has 0 aromatic heterocycles. The smallest absolute Gasteiger partial charge is 0.224 e. The number of nitrogens with one attached hydrogen (secondary N) is 2. The molecule has 2 aliphatic heterocycles. The summed E-state index contributed by atoms with van der Waals surface area (Å²) in [6.07, 6.45) is 3.55. The summed E-state index contributed by atoms with van der Waals surface area (Å²) >= 11 is 1.90. The predicted molar refractivity (Wildman–Crippen MR) is 73.2 cm³/mol. The highest BCUT2D eigenvalue weighted by molar-refractivity contribution is 7.99. The standard InChI is InChI=1S/C13H24N2OS/c1-13(2)5-3-6-14-11(13)8-15-12(16)10-4-7-17-9-10/h10-11,14H,3-9H2,1-2H3,(H,15,16). The number of amides is 1. The van der Waals surface area contributed by atoms with E-state index in [4.69, 9.17) is 0 Å². The second kappa shape index (κ2) is 5.61. The Hall–Kier alpha value is -0.220. The Morgan fingerprint density at radius 2 is 2.35 bits per heavy atom. The van der Waals surface area contributed by atoms with Crippen LogP contribution in [-0.4, -0.2) is 36.5 Å². The van der Waals surface area contributed by atoms with Crippen LogP contribution in [0.25, 0.3) is 0 Å². The monoisotopic (exact) mass is 256 g/mol. The van der Waals surface area contributed by atoms with Crippen LogP contribution in [0.15, 0.2) is 0 Å². The summed E-state index contributed by atoms with van der Waals surface area (Å²) in [6.45, 7) is 6.46. The highest BCUT2D eigenvalue weighted by Crippen LogP contribution is 2.30. The third-order valence-corrected chi connectivity index (χ3v) is 5.28. The normalized spacial score (nSPS) is 32.4. The van der Waals surface area contributed by atoms with Crippen molar-refractivity contribution >= 4 is 17.7 Å². The Balaban J connectivity index is 1.78. The van der Waals surface area contributed by atoms with Gasteiger partial charge in [-0.2, -0.15) is 11.8 Å². The van der Waals surface area contributed by atoms with Crippen molar-refractivity contribution in [3.05, 3.63) is 0 Å². The second-order valence-corrected chi connectivity index (χ2v) is 7.05. The highest BCUT2D eigenvalue weighted by atomic mass is 32.2. The molecule has 2 saturated heterocycles. The number of piperidine rings is 1. The first-order valence-corrected chi connectivity index (χ1v) is 7.84. The van der Waals surface area contributed by atoms with Gasteiger partial charge in [-0.1, -0.05) is 13.8 Å². The molecule has 0 aromatic rings. The quantitative estimate of drug-likeness (QED) is 0.806. The van der Waals surface area contributed by atoms with Gasteiger partial charge in [0.25, 0.3) is 0 Å². The van der Waals surface area contributed by atoms with Crippen molar-refractivity contribution in [2.75, 3.05) is 24.6 Å². The minimum Gasteiger partial charge on any atom is -0.354 e. The molecule has 0 radical (unpaired) electrons. The maximum Gasteiger partial charge on any atom is 0.224 e. The molecule has 2 heterocycles. The number of hydrogen-bond acceptors (Lipinski definition) is 3. The molecule has 3 nitrogen and oxygen atoms in total. The van der Waals surface area contributed by atoms with Gasteiger partial charge in [-0.15, -0.1) is 0 Å². The van der Waals surface area contributed by atoms with Gasteiger partial charge in [0.05, 0.1) is 0 Å². The van der Waals surface area contributed by atoms with Crippen LogP contribution in [0.5, 0.6) is 0 Å². The SMILES string of the molecule is CC1(C)CCCNC1CNC(=O)C1CCSC1. The fourth-order valence-electron chi connectivity index (χ4n) is 2.71. The van der Waals surface area contributed by atoms with E-state index < -0.39 is 0 Å². The van der Waals surface area contributed by atoms with Crippen molar-refractivity contribution in [1.29, 1.82) is 0 Å². The molecule has 2 rings (SSSR count). The van der Waals surface area contributed by atoms with Crippen LogP contribution in [0.3, 0.4) is 0 Å². The van der Waals surface area contributed by atoms with Crippen LogP contribution in [0.2, 0.25) is 0 Å². The van der Waals surface area contributed by atoms with E-state index in [9.17, 15) is 4.79 Å². The third-order valence-electron chi connectivity index (χ3n) is 4.11. The third kappa shape index (κ3) is 3.38. The van der Waals surface area contributed by atoms with Crippen molar-refractivity contribution in [2.24, 2.45) is 11.3 Å². The zero-order valence-corrected chi connectivity index (χ0v) is 11.7. The molecule has 0 spiro atoms. The lowest BCUT2D eigenvalue weighted by Crippen LogP contribution is -2.53. The molecule has 2 N–H and O–H groups in total. The first kappa shape index (κ1) is 13.2. The Labute approximate surface area is 108 Å². The summed E-state index contributed by atoms with van der Waals surface area (Å²) in [4.78, 5) is 11.9. The van der Waals surface area contributed by atoms with E-state index in [2.05, 4.69) is 24.5 Å². The molecule has 0 bridgehead atoms. The van der Waals surface area contributed by atoms with E-state index in [1.54, 1.807) is 0 Å². The average molecular weight is 256 g/mol. The van der Waals surface area contributed by atoms with Gasteiger partial charge in [-0.05, 0) is 37.0 Å². The maximum absolute atomic E-state index is 11.9. The van der Waals surface area contributed by atoms with E-state index in [1.165, 1.54) is 12.8 Å². The number of carbonyl (C=O) groups excluding carboxylic acids is 1. The fraction of sp³-hybridized carbons (Fsp3) is 0.923. The summed E-state index contributed by atoms with van der Waals surface area (Å²) < 4.78 is 0. The van der Waals surface area contributed by atoms with Gasteiger partial charge < -0.3 is 10.6 Å². The van der Waals surface area contributed by atoms with Gasteiger partial charge in [0.1, 0.15) is 0 Å². The van der Waals surface area contributed by atoms with Gasteiger partial charge in [0.15, 0.2) is 0 Å². The summed E-state index contributed by atoms with van der Waals surface area (Å²) in [5, 5.41) is 6.67. The van der Waals surface area contributed by atoms with Crippen LogP contribution in [0, 0.1) is 11.3 Å². The van der Waals surface area contributed by atoms with Crippen LogP contribution < -0.4 is 10.6 Å². The van der Waals surface area contributed by atoms with E-state index in [-0.39, 0.29) is 11.8 Å². The van der Waals surface area contributed by atoms with Crippen LogP contribution in [0.1, 0.15) is 33.1 Å². The largest absolute Gasteiger partial charge is 0.354 e. The van der Waals surface area contributed by atoms with Crippen LogP contribution >= 0.6 is 11.8 Å². The second-order valence-electron chi connectivity index (χ2n) is 5.90. The summed E-state index contributed by atoms with van der Waals surface area (Å²) in [5.41, 5.74) is 0.302.